The fourth-order valence-electron chi connectivity index (χ4n) is 3.17. The Kier molecular flexibility index (Phi) is 6.83. The first-order valence-corrected chi connectivity index (χ1v) is 10.5. The Balaban J connectivity index is 1.97. The van der Waals surface area contributed by atoms with Gasteiger partial charge in [-0.25, -0.2) is 0 Å². The van der Waals surface area contributed by atoms with Gasteiger partial charge in [-0.05, 0) is 65.8 Å². The van der Waals surface area contributed by atoms with Crippen LogP contribution in [0.15, 0.2) is 71.1 Å². The van der Waals surface area contributed by atoms with Crippen molar-refractivity contribution in [2.75, 3.05) is 0 Å². The van der Waals surface area contributed by atoms with Gasteiger partial charge < -0.3 is 0 Å². The molecule has 0 bridgehead atoms. The summed E-state index contributed by atoms with van der Waals surface area (Å²) in [6.07, 6.45) is -6.30. The van der Waals surface area contributed by atoms with Gasteiger partial charge in [-0.2, -0.15) is 31.4 Å². The van der Waals surface area contributed by atoms with Crippen LogP contribution in [0, 0.1) is 0 Å². The zero-order chi connectivity index (χ0) is 24.6. The highest BCUT2D eigenvalue weighted by atomic mass is 32.2. The molecule has 0 spiro atoms. The summed E-state index contributed by atoms with van der Waals surface area (Å²) in [5.74, 6) is 0. The molecular weight excluding hydrogens is 462 g/mol. The first kappa shape index (κ1) is 24.7. The topological polar surface area (TPSA) is 17.8 Å². The summed E-state index contributed by atoms with van der Waals surface area (Å²) in [6, 6.07) is 7.02. The third kappa shape index (κ3) is 6.10. The van der Waals surface area contributed by atoms with Gasteiger partial charge in [-0.15, -0.1) is 0 Å². The second-order valence-corrected chi connectivity index (χ2v) is 8.95. The minimum Gasteiger partial charge on any atom is -0.267 e. The molecule has 2 aromatic carbocycles. The fraction of sp³-hybridized carbons (Fsp3) is 0.208. The van der Waals surface area contributed by atoms with Crippen molar-refractivity contribution in [1.29, 1.82) is 0 Å². The van der Waals surface area contributed by atoms with Gasteiger partial charge in [0.05, 0.1) is 23.2 Å². The normalized spacial score (nSPS) is 12.9. The summed E-state index contributed by atoms with van der Waals surface area (Å²) in [5, 5.41) is 4.96. The molecule has 0 saturated carbocycles. The van der Waals surface area contributed by atoms with E-state index in [4.69, 9.17) is 0 Å². The molecule has 3 rings (SSSR count). The Morgan fingerprint density at radius 3 is 2.27 bits per heavy atom. The molecular formula is C24H20F6N2S. The van der Waals surface area contributed by atoms with E-state index in [2.05, 4.69) is 18.3 Å². The lowest BCUT2D eigenvalue weighted by molar-refractivity contribution is -0.143. The number of hydrogen-bond acceptors (Lipinski definition) is 2. The van der Waals surface area contributed by atoms with Gasteiger partial charge in [0.1, 0.15) is 0 Å². The minimum atomic E-state index is -4.93. The molecule has 0 amide bonds. The van der Waals surface area contributed by atoms with Crippen LogP contribution >= 0.6 is 11.8 Å². The molecule has 3 aromatic rings. The molecule has 0 fully saturated rings. The lowest BCUT2D eigenvalue weighted by Gasteiger charge is -2.16. The number of hydrogen-bond donors (Lipinski definition) is 0. The Bertz CT molecular complexity index is 1250. The highest BCUT2D eigenvalue weighted by Crippen LogP contribution is 2.37. The zero-order valence-electron chi connectivity index (χ0n) is 17.8. The number of nitrogens with zero attached hydrogens (tertiary/aromatic N) is 2. The smallest absolute Gasteiger partial charge is 0.267 e. The zero-order valence-corrected chi connectivity index (χ0v) is 18.6. The van der Waals surface area contributed by atoms with Crippen molar-refractivity contribution in [3.05, 3.63) is 93.4 Å². The number of allylic oxidation sites excluding steroid dienone is 2. The van der Waals surface area contributed by atoms with Crippen molar-refractivity contribution in [2.45, 2.75) is 32.7 Å². The van der Waals surface area contributed by atoms with Crippen LogP contribution in [0.4, 0.5) is 26.3 Å². The number of thioether (sulfide) groups is 1. The van der Waals surface area contributed by atoms with Gasteiger partial charge in [0.25, 0.3) is 0 Å². The van der Waals surface area contributed by atoms with E-state index in [-0.39, 0.29) is 18.2 Å². The van der Waals surface area contributed by atoms with E-state index in [9.17, 15) is 26.3 Å². The van der Waals surface area contributed by atoms with Crippen LogP contribution in [0.3, 0.4) is 0 Å². The summed E-state index contributed by atoms with van der Waals surface area (Å²) in [7, 11) is 0. The van der Waals surface area contributed by atoms with Crippen LogP contribution in [-0.4, -0.2) is 9.78 Å². The number of benzene rings is 2. The van der Waals surface area contributed by atoms with Crippen molar-refractivity contribution in [3.8, 4) is 0 Å². The van der Waals surface area contributed by atoms with Gasteiger partial charge in [0, 0.05) is 16.5 Å². The molecule has 0 N–H and O–H groups in total. The molecule has 1 aromatic heterocycles. The van der Waals surface area contributed by atoms with Crippen LogP contribution in [0.5, 0.6) is 0 Å². The SMILES string of the molecule is C=C(C)S/C(=C\c1ccc2nn(Cc3ccc(C(F)(F)F)cc3C(F)(F)F)cc2c1)C(=C)C. The van der Waals surface area contributed by atoms with E-state index in [0.717, 1.165) is 27.0 Å². The minimum absolute atomic E-state index is 0.139. The predicted octanol–water partition coefficient (Wildman–Crippen LogP) is 8.31. The van der Waals surface area contributed by atoms with E-state index in [1.807, 2.05) is 32.1 Å². The summed E-state index contributed by atoms with van der Waals surface area (Å²) in [5.41, 5.74) is -0.715. The molecule has 0 saturated heterocycles. The number of alkyl halides is 6. The number of rotatable bonds is 6. The molecule has 0 aliphatic rings. The third-order valence-electron chi connectivity index (χ3n) is 4.65. The van der Waals surface area contributed by atoms with Crippen molar-refractivity contribution in [2.24, 2.45) is 0 Å². The number of halogens is 6. The van der Waals surface area contributed by atoms with Gasteiger partial charge in [-0.1, -0.05) is 37.1 Å². The predicted molar refractivity (Wildman–Crippen MR) is 120 cm³/mol. The van der Waals surface area contributed by atoms with Crippen LogP contribution in [0.2, 0.25) is 0 Å². The van der Waals surface area contributed by atoms with Crippen LogP contribution < -0.4 is 0 Å². The lowest BCUT2D eigenvalue weighted by Crippen LogP contribution is -2.15. The summed E-state index contributed by atoms with van der Waals surface area (Å²) < 4.78 is 80.3. The molecule has 33 heavy (non-hydrogen) atoms. The maximum atomic E-state index is 13.4. The summed E-state index contributed by atoms with van der Waals surface area (Å²) in [6.45, 7) is 11.3. The molecule has 2 nitrogen and oxygen atoms in total. The summed E-state index contributed by atoms with van der Waals surface area (Å²) >= 11 is 1.48. The van der Waals surface area contributed by atoms with E-state index < -0.39 is 23.5 Å². The Labute approximate surface area is 191 Å². The molecule has 1 heterocycles. The van der Waals surface area contributed by atoms with Gasteiger partial charge in [0.15, 0.2) is 0 Å². The molecule has 9 heteroatoms. The van der Waals surface area contributed by atoms with Crippen LogP contribution in [0.1, 0.15) is 36.1 Å². The van der Waals surface area contributed by atoms with Crippen LogP contribution in [-0.2, 0) is 18.9 Å². The standard InChI is InChI=1S/C24H20F6N2S/c1-14(2)22(33-15(3)4)10-16-5-8-21-18(9-16)13-32(31-21)12-17-6-7-19(23(25,26)27)11-20(17)24(28,29)30/h5-11,13H,1,3,12H2,2,4H3/b22-10-. The van der Waals surface area contributed by atoms with Crippen LogP contribution in [0.25, 0.3) is 17.0 Å². The Hall–Kier alpha value is -2.94. The van der Waals surface area contributed by atoms with Crippen molar-refractivity contribution in [1.82, 2.24) is 9.78 Å². The van der Waals surface area contributed by atoms with E-state index in [0.29, 0.717) is 17.0 Å². The quantitative estimate of drug-likeness (QED) is 0.260. The lowest BCUT2D eigenvalue weighted by atomic mass is 10.0. The highest BCUT2D eigenvalue weighted by molar-refractivity contribution is 8.07. The maximum Gasteiger partial charge on any atom is 0.416 e. The fourth-order valence-corrected chi connectivity index (χ4v) is 3.92. The van der Waals surface area contributed by atoms with Crippen molar-refractivity contribution >= 4 is 28.7 Å². The second-order valence-electron chi connectivity index (χ2n) is 7.61. The summed E-state index contributed by atoms with van der Waals surface area (Å²) in [4.78, 5) is 1.82. The van der Waals surface area contributed by atoms with Crippen molar-refractivity contribution < 1.29 is 26.3 Å². The molecule has 174 valence electrons. The second kappa shape index (κ2) is 9.13. The first-order chi connectivity index (χ1) is 15.2. The first-order valence-electron chi connectivity index (χ1n) is 9.69. The molecule has 0 atom stereocenters. The highest BCUT2D eigenvalue weighted by Gasteiger charge is 2.38. The Morgan fingerprint density at radius 1 is 1.00 bits per heavy atom. The van der Waals surface area contributed by atoms with Gasteiger partial charge in [-0.3, -0.25) is 4.68 Å². The largest absolute Gasteiger partial charge is 0.416 e. The molecule has 0 aliphatic carbocycles. The van der Waals surface area contributed by atoms with Gasteiger partial charge in [0.2, 0.25) is 0 Å². The average molecular weight is 482 g/mol. The van der Waals surface area contributed by atoms with Crippen molar-refractivity contribution in [3.63, 3.8) is 0 Å². The van der Waals surface area contributed by atoms with E-state index in [1.54, 1.807) is 12.3 Å². The Morgan fingerprint density at radius 2 is 1.70 bits per heavy atom. The molecule has 0 aliphatic heterocycles. The van der Waals surface area contributed by atoms with Gasteiger partial charge >= 0.3 is 12.4 Å². The number of fused-ring (bicyclic) bond motifs is 1. The monoisotopic (exact) mass is 482 g/mol. The molecule has 0 unspecified atom stereocenters. The third-order valence-corrected chi connectivity index (χ3v) is 5.69. The molecule has 0 radical (unpaired) electrons. The number of aromatic nitrogens is 2. The maximum absolute atomic E-state index is 13.4. The van der Waals surface area contributed by atoms with E-state index >= 15 is 0 Å². The van der Waals surface area contributed by atoms with E-state index in [1.165, 1.54) is 16.4 Å². The average Bonchev–Trinajstić information content (AvgIpc) is 3.07.